The molecular formula is C20H34N2O2. The molecule has 24 heavy (non-hydrogen) atoms. The minimum absolute atomic E-state index is 0.195. The molecule has 0 rings (SSSR count). The second-order valence-corrected chi connectivity index (χ2v) is 6.38. The minimum Gasteiger partial charge on any atom is -0.211 e. The number of rotatable bonds is 17. The van der Waals surface area contributed by atoms with E-state index in [-0.39, 0.29) is 6.04 Å². The van der Waals surface area contributed by atoms with Crippen LogP contribution >= 0.6 is 0 Å². The van der Waals surface area contributed by atoms with Crippen molar-refractivity contribution >= 4 is 12.2 Å². The fourth-order valence-electron chi connectivity index (χ4n) is 2.84. The lowest BCUT2D eigenvalue weighted by molar-refractivity contribution is 0.481. The summed E-state index contributed by atoms with van der Waals surface area (Å²) in [6.07, 6.45) is 23.2. The molecule has 0 aromatic rings. The van der Waals surface area contributed by atoms with Crippen LogP contribution in [0.15, 0.2) is 22.3 Å². The van der Waals surface area contributed by atoms with E-state index in [2.05, 4.69) is 16.9 Å². The van der Waals surface area contributed by atoms with E-state index in [9.17, 15) is 9.59 Å². The van der Waals surface area contributed by atoms with E-state index in [1.165, 1.54) is 70.1 Å². The molecular weight excluding hydrogens is 300 g/mol. The highest BCUT2D eigenvalue weighted by Gasteiger charge is 2.06. The summed E-state index contributed by atoms with van der Waals surface area (Å²) >= 11 is 0. The van der Waals surface area contributed by atoms with Crippen LogP contribution in [0.2, 0.25) is 0 Å². The fraction of sp³-hybridized carbons (Fsp3) is 0.800. The van der Waals surface area contributed by atoms with Gasteiger partial charge in [-0.2, -0.15) is 4.99 Å². The maximum Gasteiger partial charge on any atom is 0.239 e. The van der Waals surface area contributed by atoms with E-state index in [0.29, 0.717) is 0 Å². The smallest absolute Gasteiger partial charge is 0.211 e. The van der Waals surface area contributed by atoms with Crippen LogP contribution in [0.3, 0.4) is 0 Å². The van der Waals surface area contributed by atoms with Crippen LogP contribution < -0.4 is 0 Å². The topological polar surface area (TPSA) is 58.9 Å². The van der Waals surface area contributed by atoms with Gasteiger partial charge in [0, 0.05) is 6.20 Å². The van der Waals surface area contributed by atoms with E-state index in [1.807, 2.05) is 6.08 Å². The van der Waals surface area contributed by atoms with Gasteiger partial charge < -0.3 is 0 Å². The molecule has 0 aliphatic carbocycles. The highest BCUT2D eigenvalue weighted by molar-refractivity contribution is 5.34. The Morgan fingerprint density at radius 1 is 0.792 bits per heavy atom. The number of unbranched alkanes of at least 4 members (excludes halogenated alkanes) is 10. The van der Waals surface area contributed by atoms with Gasteiger partial charge in [0.25, 0.3) is 0 Å². The van der Waals surface area contributed by atoms with Gasteiger partial charge in [0.05, 0.1) is 6.04 Å². The summed E-state index contributed by atoms with van der Waals surface area (Å²) in [6, 6.07) is 0.195. The predicted molar refractivity (Wildman–Crippen MR) is 99.5 cm³/mol. The highest BCUT2D eigenvalue weighted by Crippen LogP contribution is 2.16. The lowest BCUT2D eigenvalue weighted by Gasteiger charge is -2.10. The maximum absolute atomic E-state index is 10.5. The molecule has 0 amide bonds. The van der Waals surface area contributed by atoms with Crippen molar-refractivity contribution in [2.24, 2.45) is 9.98 Å². The molecule has 0 radical (unpaired) electrons. The Kier molecular flexibility index (Phi) is 18.3. The van der Waals surface area contributed by atoms with Crippen LogP contribution in [0, 0.1) is 0 Å². The highest BCUT2D eigenvalue weighted by atomic mass is 16.1. The standard InChI is InChI=1S/C20H34N2O2/c1-2-3-4-12-15-20(22-19-24)16-13-10-8-6-5-7-9-11-14-17-21-18-23/h14,17,20H,2-13,15-16H2,1H3. The zero-order chi connectivity index (χ0) is 17.7. The molecule has 4 heteroatoms. The molecule has 0 aliphatic heterocycles. The zero-order valence-electron chi connectivity index (χ0n) is 15.3. The summed E-state index contributed by atoms with van der Waals surface area (Å²) < 4.78 is 0. The number of hydrogen-bond acceptors (Lipinski definition) is 4. The van der Waals surface area contributed by atoms with Crippen molar-refractivity contribution in [3.8, 4) is 0 Å². The van der Waals surface area contributed by atoms with E-state index in [0.717, 1.165) is 32.1 Å². The Hall–Kier alpha value is -1.50. The average Bonchev–Trinajstić information content (AvgIpc) is 2.59. The average molecular weight is 335 g/mol. The molecule has 1 atom stereocenters. The van der Waals surface area contributed by atoms with Gasteiger partial charge in [0.1, 0.15) is 0 Å². The van der Waals surface area contributed by atoms with Crippen LogP contribution in [-0.2, 0) is 9.59 Å². The summed E-state index contributed by atoms with van der Waals surface area (Å²) in [5.41, 5.74) is 0. The summed E-state index contributed by atoms with van der Waals surface area (Å²) in [7, 11) is 0. The molecule has 0 fully saturated rings. The molecule has 136 valence electrons. The Bertz CT molecular complexity index is 394. The van der Waals surface area contributed by atoms with Gasteiger partial charge in [-0.1, -0.05) is 77.2 Å². The second-order valence-electron chi connectivity index (χ2n) is 6.38. The SMILES string of the molecule is CCCCCCC(CCCCCCCCCC=CN=C=O)N=C=O. The Morgan fingerprint density at radius 2 is 1.38 bits per heavy atom. The van der Waals surface area contributed by atoms with Crippen molar-refractivity contribution in [1.29, 1.82) is 0 Å². The lowest BCUT2D eigenvalue weighted by atomic mass is 10.0. The van der Waals surface area contributed by atoms with Crippen LogP contribution in [0.4, 0.5) is 0 Å². The first-order valence-electron chi connectivity index (χ1n) is 9.64. The largest absolute Gasteiger partial charge is 0.239 e. The second kappa shape index (κ2) is 19.5. The van der Waals surface area contributed by atoms with Gasteiger partial charge in [-0.15, -0.1) is 0 Å². The molecule has 0 aromatic carbocycles. The minimum atomic E-state index is 0.195. The normalized spacial score (nSPS) is 11.9. The summed E-state index contributed by atoms with van der Waals surface area (Å²) in [5.74, 6) is 0. The number of nitrogens with zero attached hydrogens (tertiary/aromatic N) is 2. The van der Waals surface area contributed by atoms with Crippen molar-refractivity contribution in [3.05, 3.63) is 12.3 Å². The first-order chi connectivity index (χ1) is 11.8. The van der Waals surface area contributed by atoms with E-state index >= 15 is 0 Å². The third-order valence-electron chi connectivity index (χ3n) is 4.27. The Morgan fingerprint density at radius 3 is 1.96 bits per heavy atom. The number of isocyanates is 2. The van der Waals surface area contributed by atoms with Gasteiger partial charge in [0.15, 0.2) is 0 Å². The molecule has 0 saturated carbocycles. The summed E-state index contributed by atoms with van der Waals surface area (Å²) in [6.45, 7) is 2.21. The molecule has 0 N–H and O–H groups in total. The third kappa shape index (κ3) is 16.9. The molecule has 0 heterocycles. The zero-order valence-corrected chi connectivity index (χ0v) is 15.3. The number of aliphatic imine (C=N–C) groups is 2. The molecule has 0 spiro atoms. The number of carbonyl (C=O) groups excluding carboxylic acids is 2. The molecule has 0 bridgehead atoms. The molecule has 0 saturated heterocycles. The van der Waals surface area contributed by atoms with Gasteiger partial charge >= 0.3 is 0 Å². The van der Waals surface area contributed by atoms with Crippen LogP contribution in [0.25, 0.3) is 0 Å². The quantitative estimate of drug-likeness (QED) is 0.185. The van der Waals surface area contributed by atoms with Crippen LogP contribution in [0.1, 0.15) is 96.8 Å². The van der Waals surface area contributed by atoms with Crippen LogP contribution in [0.5, 0.6) is 0 Å². The third-order valence-corrected chi connectivity index (χ3v) is 4.27. The van der Waals surface area contributed by atoms with E-state index in [1.54, 1.807) is 6.08 Å². The van der Waals surface area contributed by atoms with Gasteiger partial charge in [-0.05, 0) is 25.7 Å². The Labute approximate surface area is 147 Å². The molecule has 4 nitrogen and oxygen atoms in total. The van der Waals surface area contributed by atoms with Gasteiger partial charge in [0.2, 0.25) is 12.2 Å². The van der Waals surface area contributed by atoms with E-state index < -0.39 is 0 Å². The molecule has 1 unspecified atom stereocenters. The van der Waals surface area contributed by atoms with Crippen molar-refractivity contribution in [2.75, 3.05) is 0 Å². The fourth-order valence-corrected chi connectivity index (χ4v) is 2.84. The van der Waals surface area contributed by atoms with Crippen molar-refractivity contribution in [2.45, 2.75) is 103 Å². The van der Waals surface area contributed by atoms with Crippen molar-refractivity contribution < 1.29 is 9.59 Å². The van der Waals surface area contributed by atoms with Gasteiger partial charge in [-0.25, -0.2) is 14.6 Å². The lowest BCUT2D eigenvalue weighted by Crippen LogP contribution is -2.04. The first kappa shape index (κ1) is 22.5. The van der Waals surface area contributed by atoms with Gasteiger partial charge in [-0.3, -0.25) is 0 Å². The number of allylic oxidation sites excluding steroid dienone is 1. The molecule has 0 aromatic heterocycles. The van der Waals surface area contributed by atoms with Crippen molar-refractivity contribution in [1.82, 2.24) is 0 Å². The maximum atomic E-state index is 10.5. The monoisotopic (exact) mass is 334 g/mol. The van der Waals surface area contributed by atoms with Crippen molar-refractivity contribution in [3.63, 3.8) is 0 Å². The summed E-state index contributed by atoms with van der Waals surface area (Å²) in [5, 5.41) is 0. The van der Waals surface area contributed by atoms with Crippen LogP contribution in [-0.4, -0.2) is 18.2 Å². The first-order valence-corrected chi connectivity index (χ1v) is 9.64. The molecule has 0 aliphatic rings. The van der Waals surface area contributed by atoms with E-state index in [4.69, 9.17) is 0 Å². The summed E-state index contributed by atoms with van der Waals surface area (Å²) in [4.78, 5) is 27.7. The number of hydrogen-bond donors (Lipinski definition) is 0. The predicted octanol–water partition coefficient (Wildman–Crippen LogP) is 6.02. The Balaban J connectivity index is 3.47.